The molecule has 1 unspecified atom stereocenters. The fourth-order valence-corrected chi connectivity index (χ4v) is 2.70. The van der Waals surface area contributed by atoms with Crippen molar-refractivity contribution >= 4 is 11.6 Å². The molecule has 5 heteroatoms. The normalized spacial score (nSPS) is 16.4. The first-order valence-electron chi connectivity index (χ1n) is 8.00. The van der Waals surface area contributed by atoms with Crippen LogP contribution in [0.15, 0.2) is 59.8 Å². The summed E-state index contributed by atoms with van der Waals surface area (Å²) in [5.41, 5.74) is 2.40. The monoisotopic (exact) mass is 326 g/mol. The van der Waals surface area contributed by atoms with Gasteiger partial charge < -0.3 is 9.74 Å². The lowest BCUT2D eigenvalue weighted by Crippen LogP contribution is -2.37. The van der Waals surface area contributed by atoms with Crippen LogP contribution in [0.25, 0.3) is 0 Å². The van der Waals surface area contributed by atoms with E-state index in [-0.39, 0.29) is 17.8 Å². The van der Waals surface area contributed by atoms with Gasteiger partial charge in [0.2, 0.25) is 0 Å². The van der Waals surface area contributed by atoms with Crippen LogP contribution in [0, 0.1) is 5.82 Å². The van der Waals surface area contributed by atoms with E-state index in [0.29, 0.717) is 25.1 Å². The van der Waals surface area contributed by atoms with Gasteiger partial charge in [-0.05, 0) is 36.8 Å². The molecule has 0 radical (unpaired) electrons. The number of carbonyl (C=O) groups excluding carboxylic acids is 1. The maximum atomic E-state index is 13.0. The SMILES string of the molecule is CCN(CC1CC(c2ccccc2)=NO1)C(=O)c1ccc(F)cc1. The molecule has 0 fully saturated rings. The molecular formula is C19H19FN2O2. The minimum Gasteiger partial charge on any atom is -0.390 e. The first kappa shape index (κ1) is 16.2. The lowest BCUT2D eigenvalue weighted by atomic mass is 10.0. The highest BCUT2D eigenvalue weighted by Crippen LogP contribution is 2.18. The van der Waals surface area contributed by atoms with Crippen molar-refractivity contribution in [1.82, 2.24) is 4.90 Å². The van der Waals surface area contributed by atoms with Gasteiger partial charge in [-0.3, -0.25) is 4.79 Å². The Morgan fingerprint density at radius 2 is 1.92 bits per heavy atom. The van der Waals surface area contributed by atoms with Crippen LogP contribution < -0.4 is 0 Å². The van der Waals surface area contributed by atoms with E-state index in [4.69, 9.17) is 4.84 Å². The van der Waals surface area contributed by atoms with Gasteiger partial charge in [-0.15, -0.1) is 0 Å². The lowest BCUT2D eigenvalue weighted by molar-refractivity contribution is 0.0436. The number of hydrogen-bond acceptors (Lipinski definition) is 3. The van der Waals surface area contributed by atoms with Gasteiger partial charge >= 0.3 is 0 Å². The summed E-state index contributed by atoms with van der Waals surface area (Å²) in [4.78, 5) is 19.7. The summed E-state index contributed by atoms with van der Waals surface area (Å²) < 4.78 is 13.0. The summed E-state index contributed by atoms with van der Waals surface area (Å²) in [6, 6.07) is 15.5. The predicted molar refractivity (Wildman–Crippen MR) is 90.4 cm³/mol. The van der Waals surface area contributed by atoms with E-state index in [1.807, 2.05) is 37.3 Å². The van der Waals surface area contributed by atoms with E-state index in [1.54, 1.807) is 4.90 Å². The highest BCUT2D eigenvalue weighted by Gasteiger charge is 2.26. The topological polar surface area (TPSA) is 41.9 Å². The number of carbonyl (C=O) groups is 1. The van der Waals surface area contributed by atoms with Gasteiger partial charge in [0, 0.05) is 18.5 Å². The largest absolute Gasteiger partial charge is 0.390 e. The van der Waals surface area contributed by atoms with Crippen LogP contribution in [0.4, 0.5) is 4.39 Å². The molecule has 24 heavy (non-hydrogen) atoms. The summed E-state index contributed by atoms with van der Waals surface area (Å²) in [6.45, 7) is 2.92. The molecule has 3 rings (SSSR count). The molecule has 1 amide bonds. The third kappa shape index (κ3) is 3.62. The third-order valence-electron chi connectivity index (χ3n) is 4.02. The minimum atomic E-state index is -0.352. The molecular weight excluding hydrogens is 307 g/mol. The van der Waals surface area contributed by atoms with E-state index >= 15 is 0 Å². The quantitative estimate of drug-likeness (QED) is 0.844. The molecule has 1 aliphatic rings. The van der Waals surface area contributed by atoms with Crippen molar-refractivity contribution in [2.45, 2.75) is 19.4 Å². The molecule has 0 bridgehead atoms. The molecule has 1 heterocycles. The lowest BCUT2D eigenvalue weighted by Gasteiger charge is -2.23. The Morgan fingerprint density at radius 3 is 2.58 bits per heavy atom. The molecule has 0 N–H and O–H groups in total. The first-order valence-corrected chi connectivity index (χ1v) is 8.00. The predicted octanol–water partition coefficient (Wildman–Crippen LogP) is 3.48. The zero-order chi connectivity index (χ0) is 16.9. The molecule has 0 saturated carbocycles. The molecule has 1 atom stereocenters. The van der Waals surface area contributed by atoms with Gasteiger partial charge in [0.15, 0.2) is 6.10 Å². The van der Waals surface area contributed by atoms with Crippen molar-refractivity contribution in [3.05, 3.63) is 71.5 Å². The smallest absolute Gasteiger partial charge is 0.253 e. The Labute approximate surface area is 140 Å². The van der Waals surface area contributed by atoms with Crippen LogP contribution in [0.1, 0.15) is 29.3 Å². The molecule has 0 aromatic heterocycles. The average molecular weight is 326 g/mol. The van der Waals surface area contributed by atoms with Gasteiger partial charge in [0.1, 0.15) is 5.82 Å². The van der Waals surface area contributed by atoms with Gasteiger partial charge in [-0.1, -0.05) is 35.5 Å². The van der Waals surface area contributed by atoms with Crippen molar-refractivity contribution < 1.29 is 14.0 Å². The van der Waals surface area contributed by atoms with E-state index in [9.17, 15) is 9.18 Å². The minimum absolute atomic E-state index is 0.130. The van der Waals surface area contributed by atoms with E-state index < -0.39 is 0 Å². The molecule has 0 spiro atoms. The standard InChI is InChI=1S/C19H19FN2O2/c1-2-22(19(23)15-8-10-16(20)11-9-15)13-17-12-18(21-24-17)14-6-4-3-5-7-14/h3-11,17H,2,12-13H2,1H3. The first-order chi connectivity index (χ1) is 11.7. The van der Waals surface area contributed by atoms with Crippen LogP contribution in [0.5, 0.6) is 0 Å². The highest BCUT2D eigenvalue weighted by molar-refractivity contribution is 6.01. The summed E-state index contributed by atoms with van der Waals surface area (Å²) in [6.07, 6.45) is 0.501. The molecule has 2 aromatic rings. The van der Waals surface area contributed by atoms with Crippen molar-refractivity contribution in [2.75, 3.05) is 13.1 Å². The Bertz CT molecular complexity index is 729. The number of oxime groups is 1. The average Bonchev–Trinajstić information content (AvgIpc) is 3.09. The number of benzene rings is 2. The number of halogens is 1. The van der Waals surface area contributed by atoms with Crippen LogP contribution in [-0.2, 0) is 4.84 Å². The Balaban J connectivity index is 1.62. The number of rotatable bonds is 5. The molecule has 1 aliphatic heterocycles. The number of hydrogen-bond donors (Lipinski definition) is 0. The molecule has 2 aromatic carbocycles. The van der Waals surface area contributed by atoms with Crippen LogP contribution in [0.3, 0.4) is 0 Å². The summed E-state index contributed by atoms with van der Waals surface area (Å²) in [7, 11) is 0. The van der Waals surface area contributed by atoms with E-state index in [2.05, 4.69) is 5.16 Å². The maximum absolute atomic E-state index is 13.0. The summed E-state index contributed by atoms with van der Waals surface area (Å²) in [5.74, 6) is -0.483. The number of likely N-dealkylation sites (N-methyl/N-ethyl adjacent to an activating group) is 1. The van der Waals surface area contributed by atoms with Gasteiger partial charge in [-0.2, -0.15) is 0 Å². The second-order valence-corrected chi connectivity index (χ2v) is 5.69. The second kappa shape index (κ2) is 7.25. The Hall–Kier alpha value is -2.69. The zero-order valence-corrected chi connectivity index (χ0v) is 13.5. The van der Waals surface area contributed by atoms with Crippen molar-refractivity contribution in [2.24, 2.45) is 5.16 Å². The van der Waals surface area contributed by atoms with Crippen LogP contribution in [0.2, 0.25) is 0 Å². The van der Waals surface area contributed by atoms with Gasteiger partial charge in [0.25, 0.3) is 5.91 Å². The number of nitrogens with zero attached hydrogens (tertiary/aromatic N) is 2. The van der Waals surface area contributed by atoms with Gasteiger partial charge in [0.05, 0.1) is 12.3 Å². The van der Waals surface area contributed by atoms with Crippen LogP contribution in [-0.4, -0.2) is 35.7 Å². The molecule has 0 saturated heterocycles. The Kier molecular flexibility index (Phi) is 4.89. The molecule has 4 nitrogen and oxygen atoms in total. The summed E-state index contributed by atoms with van der Waals surface area (Å²) >= 11 is 0. The third-order valence-corrected chi connectivity index (χ3v) is 4.02. The fraction of sp³-hybridized carbons (Fsp3) is 0.263. The van der Waals surface area contributed by atoms with E-state index in [0.717, 1.165) is 11.3 Å². The van der Waals surface area contributed by atoms with Crippen molar-refractivity contribution in [3.63, 3.8) is 0 Å². The van der Waals surface area contributed by atoms with Crippen LogP contribution >= 0.6 is 0 Å². The highest BCUT2D eigenvalue weighted by atomic mass is 19.1. The number of amides is 1. The Morgan fingerprint density at radius 1 is 1.21 bits per heavy atom. The van der Waals surface area contributed by atoms with E-state index in [1.165, 1.54) is 24.3 Å². The summed E-state index contributed by atoms with van der Waals surface area (Å²) in [5, 5.41) is 4.15. The van der Waals surface area contributed by atoms with Gasteiger partial charge in [-0.25, -0.2) is 4.39 Å². The molecule has 124 valence electrons. The second-order valence-electron chi connectivity index (χ2n) is 5.69. The fourth-order valence-electron chi connectivity index (χ4n) is 2.70. The van der Waals surface area contributed by atoms with Crippen molar-refractivity contribution in [1.29, 1.82) is 0 Å². The van der Waals surface area contributed by atoms with Crippen molar-refractivity contribution in [3.8, 4) is 0 Å². The molecule has 0 aliphatic carbocycles. The zero-order valence-electron chi connectivity index (χ0n) is 13.5. The maximum Gasteiger partial charge on any atom is 0.253 e.